The molecule has 1 N–H and O–H groups in total. The fourth-order valence-corrected chi connectivity index (χ4v) is 2.30. The average molecular weight is 252 g/mol. The lowest BCUT2D eigenvalue weighted by Crippen LogP contribution is -2.34. The zero-order valence-electron chi connectivity index (χ0n) is 10.7. The van der Waals surface area contributed by atoms with Gasteiger partial charge in [-0.25, -0.2) is 0 Å². The Morgan fingerprint density at radius 2 is 1.71 bits per heavy atom. The van der Waals surface area contributed by atoms with Crippen molar-refractivity contribution in [3.05, 3.63) is 0 Å². The maximum Gasteiger partial charge on any atom is 0.391 e. The van der Waals surface area contributed by atoms with Gasteiger partial charge in [-0.2, -0.15) is 13.2 Å². The number of likely N-dealkylation sites (N-methyl/N-ethyl adjacent to an activating group) is 1. The number of alkyl halides is 3. The van der Waals surface area contributed by atoms with E-state index in [2.05, 4.69) is 10.2 Å². The second-order valence-electron chi connectivity index (χ2n) is 5.27. The van der Waals surface area contributed by atoms with E-state index in [0.29, 0.717) is 31.6 Å². The van der Waals surface area contributed by atoms with Gasteiger partial charge in [0.1, 0.15) is 0 Å². The minimum absolute atomic E-state index is 0.309. The molecular weight excluding hydrogens is 229 g/mol. The predicted octanol–water partition coefficient (Wildman–Crippen LogP) is 2.51. The second kappa shape index (κ2) is 6.59. The van der Waals surface area contributed by atoms with Gasteiger partial charge in [-0.1, -0.05) is 0 Å². The molecule has 0 saturated heterocycles. The van der Waals surface area contributed by atoms with Crippen LogP contribution in [0.1, 0.15) is 25.7 Å². The van der Waals surface area contributed by atoms with E-state index < -0.39 is 12.1 Å². The average Bonchev–Trinajstić information content (AvgIpc) is 2.23. The molecule has 0 radical (unpaired) electrons. The fraction of sp³-hybridized carbons (Fsp3) is 1.00. The third-order valence-electron chi connectivity index (χ3n) is 3.48. The highest BCUT2D eigenvalue weighted by molar-refractivity contribution is 4.78. The van der Waals surface area contributed by atoms with Crippen LogP contribution in [0.25, 0.3) is 0 Å². The third kappa shape index (κ3) is 5.73. The molecule has 0 spiro atoms. The number of nitrogens with one attached hydrogen (secondary N) is 1. The van der Waals surface area contributed by atoms with Crippen LogP contribution in [-0.2, 0) is 0 Å². The van der Waals surface area contributed by atoms with Crippen LogP contribution in [0.3, 0.4) is 0 Å². The van der Waals surface area contributed by atoms with Gasteiger partial charge in [0.05, 0.1) is 5.92 Å². The number of hydrogen-bond donors (Lipinski definition) is 1. The Balaban J connectivity index is 2.11. The summed E-state index contributed by atoms with van der Waals surface area (Å²) in [7, 11) is 4.02. The minimum atomic E-state index is -3.98. The highest BCUT2D eigenvalue weighted by atomic mass is 19.4. The maximum atomic E-state index is 12.4. The molecular formula is C12H23F3N2. The van der Waals surface area contributed by atoms with Crippen molar-refractivity contribution in [3.8, 4) is 0 Å². The molecule has 0 heterocycles. The summed E-state index contributed by atoms with van der Waals surface area (Å²) in [6.07, 6.45) is -1.95. The van der Waals surface area contributed by atoms with Crippen LogP contribution in [0.4, 0.5) is 13.2 Å². The molecule has 17 heavy (non-hydrogen) atoms. The fourth-order valence-electron chi connectivity index (χ4n) is 2.30. The van der Waals surface area contributed by atoms with E-state index in [0.717, 1.165) is 19.6 Å². The molecule has 0 atom stereocenters. The molecule has 0 aliphatic heterocycles. The standard InChI is InChI=1S/C12H23F3N2/c1-17(2)8-7-16-9-10-3-5-11(6-4-10)12(13,14)15/h10-11,16H,3-9H2,1-2H3. The molecule has 1 aliphatic rings. The molecule has 1 rings (SSSR count). The Morgan fingerprint density at radius 3 is 2.18 bits per heavy atom. The van der Waals surface area contributed by atoms with Crippen molar-refractivity contribution in [1.29, 1.82) is 0 Å². The lowest BCUT2D eigenvalue weighted by atomic mass is 9.81. The topological polar surface area (TPSA) is 15.3 Å². The van der Waals surface area contributed by atoms with Crippen LogP contribution in [0.5, 0.6) is 0 Å². The molecule has 2 nitrogen and oxygen atoms in total. The number of hydrogen-bond acceptors (Lipinski definition) is 2. The maximum absolute atomic E-state index is 12.4. The van der Waals surface area contributed by atoms with E-state index in [9.17, 15) is 13.2 Å². The first-order valence-corrected chi connectivity index (χ1v) is 6.31. The first-order valence-electron chi connectivity index (χ1n) is 6.31. The molecule has 0 unspecified atom stereocenters. The van der Waals surface area contributed by atoms with Gasteiger partial charge in [0, 0.05) is 13.1 Å². The Labute approximate surface area is 102 Å². The van der Waals surface area contributed by atoms with Gasteiger partial charge in [-0.3, -0.25) is 0 Å². The van der Waals surface area contributed by atoms with E-state index in [4.69, 9.17) is 0 Å². The van der Waals surface area contributed by atoms with Crippen LogP contribution < -0.4 is 5.32 Å². The van der Waals surface area contributed by atoms with Crippen LogP contribution in [0.15, 0.2) is 0 Å². The van der Waals surface area contributed by atoms with E-state index in [1.54, 1.807) is 0 Å². The smallest absolute Gasteiger partial charge is 0.315 e. The number of nitrogens with zero attached hydrogens (tertiary/aromatic N) is 1. The van der Waals surface area contributed by atoms with Crippen LogP contribution in [-0.4, -0.2) is 44.8 Å². The molecule has 1 aliphatic carbocycles. The van der Waals surface area contributed by atoms with E-state index >= 15 is 0 Å². The molecule has 0 bridgehead atoms. The zero-order valence-corrected chi connectivity index (χ0v) is 10.7. The Kier molecular flexibility index (Phi) is 5.73. The predicted molar refractivity (Wildman–Crippen MR) is 62.9 cm³/mol. The lowest BCUT2D eigenvalue weighted by Gasteiger charge is -2.30. The Hall–Kier alpha value is -0.290. The lowest BCUT2D eigenvalue weighted by molar-refractivity contribution is -0.183. The van der Waals surface area contributed by atoms with E-state index in [-0.39, 0.29) is 0 Å². The largest absolute Gasteiger partial charge is 0.391 e. The van der Waals surface area contributed by atoms with Crippen molar-refractivity contribution >= 4 is 0 Å². The van der Waals surface area contributed by atoms with Crippen LogP contribution in [0, 0.1) is 11.8 Å². The van der Waals surface area contributed by atoms with Crippen molar-refractivity contribution < 1.29 is 13.2 Å². The quantitative estimate of drug-likeness (QED) is 0.756. The normalized spacial score (nSPS) is 26.5. The molecule has 1 saturated carbocycles. The number of rotatable bonds is 5. The highest BCUT2D eigenvalue weighted by Crippen LogP contribution is 2.39. The van der Waals surface area contributed by atoms with Gasteiger partial charge in [-0.15, -0.1) is 0 Å². The molecule has 0 aromatic rings. The summed E-state index contributed by atoms with van der Waals surface area (Å²) in [6, 6.07) is 0. The van der Waals surface area contributed by atoms with Gasteiger partial charge < -0.3 is 10.2 Å². The third-order valence-corrected chi connectivity index (χ3v) is 3.48. The van der Waals surface area contributed by atoms with Gasteiger partial charge in [-0.05, 0) is 52.2 Å². The van der Waals surface area contributed by atoms with Crippen molar-refractivity contribution in [1.82, 2.24) is 10.2 Å². The molecule has 0 aromatic heterocycles. The first-order chi connectivity index (χ1) is 7.89. The summed E-state index contributed by atoms with van der Waals surface area (Å²) in [6.45, 7) is 2.74. The van der Waals surface area contributed by atoms with Crippen molar-refractivity contribution in [2.75, 3.05) is 33.7 Å². The van der Waals surface area contributed by atoms with Gasteiger partial charge in [0.15, 0.2) is 0 Å². The second-order valence-corrected chi connectivity index (χ2v) is 5.27. The highest BCUT2D eigenvalue weighted by Gasteiger charge is 2.41. The molecule has 0 amide bonds. The summed E-state index contributed by atoms with van der Waals surface area (Å²) >= 11 is 0. The first kappa shape index (κ1) is 14.8. The van der Waals surface area contributed by atoms with Gasteiger partial charge in [0.25, 0.3) is 0 Å². The zero-order chi connectivity index (χ0) is 12.9. The minimum Gasteiger partial charge on any atom is -0.315 e. The van der Waals surface area contributed by atoms with E-state index in [1.807, 2.05) is 14.1 Å². The summed E-state index contributed by atoms with van der Waals surface area (Å²) in [4.78, 5) is 2.09. The Morgan fingerprint density at radius 1 is 1.12 bits per heavy atom. The number of halogens is 3. The Bertz CT molecular complexity index is 208. The van der Waals surface area contributed by atoms with E-state index in [1.165, 1.54) is 0 Å². The summed E-state index contributed by atoms with van der Waals surface area (Å²) in [5.74, 6) is -0.628. The SMILES string of the molecule is CN(C)CCNCC1CCC(C(F)(F)F)CC1. The van der Waals surface area contributed by atoms with Crippen LogP contribution >= 0.6 is 0 Å². The molecule has 1 fully saturated rings. The molecule has 102 valence electrons. The summed E-state index contributed by atoms with van der Waals surface area (Å²) in [5, 5.41) is 3.32. The van der Waals surface area contributed by atoms with Gasteiger partial charge in [0.2, 0.25) is 0 Å². The molecule has 0 aromatic carbocycles. The molecule has 5 heteroatoms. The monoisotopic (exact) mass is 252 g/mol. The summed E-state index contributed by atoms with van der Waals surface area (Å²) < 4.78 is 37.3. The van der Waals surface area contributed by atoms with Crippen molar-refractivity contribution in [2.24, 2.45) is 11.8 Å². The van der Waals surface area contributed by atoms with Crippen molar-refractivity contribution in [2.45, 2.75) is 31.9 Å². The van der Waals surface area contributed by atoms with Gasteiger partial charge >= 0.3 is 6.18 Å². The van der Waals surface area contributed by atoms with Crippen molar-refractivity contribution in [3.63, 3.8) is 0 Å². The summed E-state index contributed by atoms with van der Waals surface area (Å²) in [5.41, 5.74) is 0. The van der Waals surface area contributed by atoms with Crippen LogP contribution in [0.2, 0.25) is 0 Å².